The summed E-state index contributed by atoms with van der Waals surface area (Å²) in [5, 5.41) is 0.808. The summed E-state index contributed by atoms with van der Waals surface area (Å²) < 4.78 is 26.9. The Morgan fingerprint density at radius 2 is 1.40 bits per heavy atom. The fourth-order valence-electron chi connectivity index (χ4n) is 6.33. The lowest BCUT2D eigenvalue weighted by atomic mass is 9.80. The van der Waals surface area contributed by atoms with Crippen molar-refractivity contribution in [3.63, 3.8) is 0 Å². The molecule has 1 saturated heterocycles. The first-order valence-corrected chi connectivity index (χ1v) is 20.5. The van der Waals surface area contributed by atoms with Crippen LogP contribution in [0.5, 0.6) is 0 Å². The zero-order valence-corrected chi connectivity index (χ0v) is 31.0. The van der Waals surface area contributed by atoms with Crippen molar-refractivity contribution < 1.29 is 23.4 Å². The second kappa shape index (κ2) is 15.7. The number of hydrogen-bond donors (Lipinski definition) is 0. The molecular weight excluding hydrogens is 636 g/mol. The molecule has 4 atom stereocenters. The zero-order valence-electron chi connectivity index (χ0n) is 29.3. The lowest BCUT2D eigenvalue weighted by Crippen LogP contribution is -2.45. The molecule has 0 unspecified atom stereocenters. The van der Waals surface area contributed by atoms with Gasteiger partial charge in [0.25, 0.3) is 0 Å². The topological polar surface area (TPSA) is 54.0 Å². The van der Waals surface area contributed by atoms with Gasteiger partial charge in [-0.1, -0.05) is 136 Å². The summed E-state index contributed by atoms with van der Waals surface area (Å²) in [6, 6.07) is 30.9. The van der Waals surface area contributed by atoms with Gasteiger partial charge in [-0.15, -0.1) is 0 Å². The molecule has 1 fully saturated rings. The van der Waals surface area contributed by atoms with Crippen LogP contribution in [0.3, 0.4) is 0 Å². The summed E-state index contributed by atoms with van der Waals surface area (Å²) in [6.07, 6.45) is 5.61. The van der Waals surface area contributed by atoms with E-state index >= 15 is 0 Å². The van der Waals surface area contributed by atoms with Crippen molar-refractivity contribution in [3.8, 4) is 0 Å². The Balaban J connectivity index is 1.46. The SMILES string of the molecule is C/C1=C/C/C=C(\Cl)CC[C@H]2C[C@H](OC(=O)C[C@@H]1O[Si](C)(C)C(C)(C)C)[C@H](COC(c1ccccc1)(c1ccccc1)c1ccccc1)O2. The van der Waals surface area contributed by atoms with E-state index < -0.39 is 26.1 Å². The van der Waals surface area contributed by atoms with Gasteiger partial charge in [-0.25, -0.2) is 0 Å². The highest BCUT2D eigenvalue weighted by atomic mass is 35.5. The maximum atomic E-state index is 13.8. The van der Waals surface area contributed by atoms with Gasteiger partial charge in [0.1, 0.15) is 17.8 Å². The third-order valence-electron chi connectivity index (χ3n) is 10.2. The fraction of sp³-hybridized carbons (Fsp3) is 0.439. The molecule has 3 aromatic carbocycles. The first-order valence-electron chi connectivity index (χ1n) is 17.2. The average Bonchev–Trinajstić information content (AvgIpc) is 3.45. The maximum Gasteiger partial charge on any atom is 0.309 e. The number of rotatable bonds is 8. The molecule has 5 rings (SSSR count). The predicted molar refractivity (Wildman–Crippen MR) is 197 cm³/mol. The molecule has 0 aliphatic carbocycles. The molecule has 5 nitrogen and oxygen atoms in total. The Morgan fingerprint density at radius 1 is 0.854 bits per heavy atom. The van der Waals surface area contributed by atoms with E-state index in [2.05, 4.69) is 82.4 Å². The monoisotopic (exact) mass is 686 g/mol. The van der Waals surface area contributed by atoms with Crippen LogP contribution in [0, 0.1) is 0 Å². The van der Waals surface area contributed by atoms with Crippen LogP contribution in [-0.2, 0) is 29.0 Å². The highest BCUT2D eigenvalue weighted by molar-refractivity contribution is 6.74. The largest absolute Gasteiger partial charge is 0.459 e. The number of ether oxygens (including phenoxy) is 3. The predicted octanol–water partition coefficient (Wildman–Crippen LogP) is 10.1. The molecule has 0 N–H and O–H groups in total. The number of halogens is 1. The molecule has 2 aliphatic rings. The summed E-state index contributed by atoms with van der Waals surface area (Å²) in [5.74, 6) is -0.281. The van der Waals surface area contributed by atoms with E-state index in [1.165, 1.54) is 0 Å². The lowest BCUT2D eigenvalue weighted by Gasteiger charge is -2.39. The summed E-state index contributed by atoms with van der Waals surface area (Å²) in [6.45, 7) is 13.3. The number of esters is 1. The van der Waals surface area contributed by atoms with Crippen molar-refractivity contribution >= 4 is 25.9 Å². The van der Waals surface area contributed by atoms with Crippen molar-refractivity contribution in [2.24, 2.45) is 0 Å². The van der Waals surface area contributed by atoms with Gasteiger partial charge in [0.2, 0.25) is 0 Å². The smallest absolute Gasteiger partial charge is 0.309 e. The van der Waals surface area contributed by atoms with Crippen LogP contribution in [0.25, 0.3) is 0 Å². The Bertz CT molecular complexity index is 1450. The normalized spacial score (nSPS) is 25.3. The first kappa shape index (κ1) is 36.3. The molecule has 0 spiro atoms. The second-order valence-corrected chi connectivity index (χ2v) is 19.8. The fourth-order valence-corrected chi connectivity index (χ4v) is 7.87. The Kier molecular flexibility index (Phi) is 11.9. The Hall–Kier alpha value is -3.00. The van der Waals surface area contributed by atoms with Gasteiger partial charge in [-0.3, -0.25) is 4.79 Å². The number of carbonyl (C=O) groups excluding carboxylic acids is 1. The van der Waals surface area contributed by atoms with Crippen LogP contribution >= 0.6 is 11.6 Å². The number of hydrogen-bond acceptors (Lipinski definition) is 5. The molecule has 7 heteroatoms. The van der Waals surface area contributed by atoms with Gasteiger partial charge >= 0.3 is 5.97 Å². The molecular formula is C41H51ClO5Si. The van der Waals surface area contributed by atoms with Crippen molar-refractivity contribution in [2.75, 3.05) is 6.61 Å². The van der Waals surface area contributed by atoms with Gasteiger partial charge < -0.3 is 18.6 Å². The molecule has 2 aliphatic heterocycles. The van der Waals surface area contributed by atoms with E-state index in [0.29, 0.717) is 19.3 Å². The zero-order chi connectivity index (χ0) is 34.4. The highest BCUT2D eigenvalue weighted by Gasteiger charge is 2.44. The van der Waals surface area contributed by atoms with Crippen LogP contribution in [0.15, 0.2) is 114 Å². The molecule has 3 aromatic rings. The van der Waals surface area contributed by atoms with Crippen LogP contribution < -0.4 is 0 Å². The van der Waals surface area contributed by atoms with Gasteiger partial charge in [0, 0.05) is 11.5 Å². The van der Waals surface area contributed by atoms with E-state index in [4.69, 9.17) is 30.2 Å². The number of fused-ring (bicyclic) bond motifs is 2. The summed E-state index contributed by atoms with van der Waals surface area (Å²) in [4.78, 5) is 13.8. The van der Waals surface area contributed by atoms with Gasteiger partial charge in [-0.05, 0) is 66.6 Å². The summed E-state index contributed by atoms with van der Waals surface area (Å²) >= 11 is 6.70. The number of carbonyl (C=O) groups is 1. The third-order valence-corrected chi connectivity index (χ3v) is 15.0. The van der Waals surface area contributed by atoms with E-state index in [0.717, 1.165) is 33.7 Å². The lowest BCUT2D eigenvalue weighted by molar-refractivity contribution is -0.156. The average molecular weight is 687 g/mol. The van der Waals surface area contributed by atoms with Gasteiger partial charge in [0.15, 0.2) is 8.32 Å². The van der Waals surface area contributed by atoms with Crippen molar-refractivity contribution in [1.29, 1.82) is 0 Å². The van der Waals surface area contributed by atoms with E-state index in [1.54, 1.807) is 0 Å². The molecule has 0 aromatic heterocycles. The van der Waals surface area contributed by atoms with Crippen LogP contribution in [-0.4, -0.2) is 45.3 Å². The molecule has 0 saturated carbocycles. The van der Waals surface area contributed by atoms with Crippen LogP contribution in [0.4, 0.5) is 0 Å². The van der Waals surface area contributed by atoms with E-state index in [1.807, 2.05) is 61.5 Å². The number of benzene rings is 3. The van der Waals surface area contributed by atoms with Crippen molar-refractivity contribution in [2.45, 2.75) is 108 Å². The van der Waals surface area contributed by atoms with Gasteiger partial charge in [-0.2, -0.15) is 0 Å². The third kappa shape index (κ3) is 8.58. The Morgan fingerprint density at radius 3 is 1.92 bits per heavy atom. The maximum absolute atomic E-state index is 13.8. The minimum atomic E-state index is -2.18. The van der Waals surface area contributed by atoms with Crippen molar-refractivity contribution in [3.05, 3.63) is 130 Å². The minimum Gasteiger partial charge on any atom is -0.459 e. The molecule has 48 heavy (non-hydrogen) atoms. The van der Waals surface area contributed by atoms with Gasteiger partial charge in [0.05, 0.1) is 25.2 Å². The van der Waals surface area contributed by atoms with E-state index in [9.17, 15) is 4.79 Å². The van der Waals surface area contributed by atoms with Crippen LogP contribution in [0.1, 0.15) is 76.5 Å². The Labute approximate surface area is 293 Å². The summed E-state index contributed by atoms with van der Waals surface area (Å²) in [7, 11) is -2.18. The van der Waals surface area contributed by atoms with E-state index in [-0.39, 0.29) is 36.2 Å². The molecule has 2 heterocycles. The minimum absolute atomic E-state index is 0.00279. The second-order valence-electron chi connectivity index (χ2n) is 14.6. The van der Waals surface area contributed by atoms with Crippen LogP contribution in [0.2, 0.25) is 18.1 Å². The number of allylic oxidation sites excluding steroid dienone is 3. The quantitative estimate of drug-likeness (QED) is 0.102. The highest BCUT2D eigenvalue weighted by Crippen LogP contribution is 2.42. The molecule has 2 bridgehead atoms. The molecule has 256 valence electrons. The standard InChI is InChI=1S/C41H51ClO5Si/c1-30-17-16-24-34(42)25-26-35-27-37(46-39(43)28-36(30)47-48(5,6)40(2,3)4)38(45-35)29-44-41(31-18-10-7-11-19-31,32-20-12-8-13-21-32)33-22-14-9-15-23-33/h7-15,17-24,35-38H,16,25-29H2,1-6H3/b30-17-,34-24-/t35-,36-,37-,38-/m0/s1. The first-order chi connectivity index (χ1) is 22.9. The molecule has 0 amide bonds. The summed E-state index contributed by atoms with van der Waals surface area (Å²) in [5.41, 5.74) is 3.14. The molecule has 0 radical (unpaired) electrons. The van der Waals surface area contributed by atoms with Crippen molar-refractivity contribution in [1.82, 2.24) is 0 Å².